The van der Waals surface area contributed by atoms with Crippen LogP contribution in [-0.2, 0) is 10.5 Å². The molecular formula is C13H15FO3S. The predicted octanol–water partition coefficient (Wildman–Crippen LogP) is 2.54. The topological polar surface area (TPSA) is 57.5 Å². The molecule has 2 N–H and O–H groups in total. The van der Waals surface area contributed by atoms with E-state index >= 15 is 0 Å². The Kier molecular flexibility index (Phi) is 5.88. The number of carbonyl (C=O) groups is 1. The van der Waals surface area contributed by atoms with Crippen molar-refractivity contribution in [2.75, 3.05) is 6.61 Å². The number of hydrogen-bond acceptors (Lipinski definition) is 3. The van der Waals surface area contributed by atoms with E-state index in [1.807, 2.05) is 6.92 Å². The predicted molar refractivity (Wildman–Crippen MR) is 70.9 cm³/mol. The van der Waals surface area contributed by atoms with Gasteiger partial charge in [-0.25, -0.2) is 9.18 Å². The fourth-order valence-corrected chi connectivity index (χ4v) is 2.13. The second-order valence-electron chi connectivity index (χ2n) is 3.82. The average molecular weight is 270 g/mol. The van der Waals surface area contributed by atoms with Crippen molar-refractivity contribution >= 4 is 23.8 Å². The highest BCUT2D eigenvalue weighted by Gasteiger charge is 2.06. The smallest absolute Gasteiger partial charge is 0.328 e. The van der Waals surface area contributed by atoms with Crippen molar-refractivity contribution in [3.63, 3.8) is 0 Å². The van der Waals surface area contributed by atoms with Crippen molar-refractivity contribution in [1.82, 2.24) is 0 Å². The molecule has 1 rings (SSSR count). The van der Waals surface area contributed by atoms with Gasteiger partial charge >= 0.3 is 5.97 Å². The summed E-state index contributed by atoms with van der Waals surface area (Å²) in [5, 5.41) is 17.6. The second kappa shape index (κ2) is 7.18. The summed E-state index contributed by atoms with van der Waals surface area (Å²) in [6.07, 6.45) is 2.36. The Morgan fingerprint density at radius 3 is 2.89 bits per heavy atom. The van der Waals surface area contributed by atoms with Crippen molar-refractivity contribution in [2.24, 2.45) is 0 Å². The molecule has 0 aliphatic heterocycles. The highest BCUT2D eigenvalue weighted by molar-refractivity contribution is 7.99. The molecule has 0 aliphatic carbocycles. The van der Waals surface area contributed by atoms with E-state index in [1.54, 1.807) is 6.07 Å². The molecule has 3 nitrogen and oxygen atoms in total. The van der Waals surface area contributed by atoms with Gasteiger partial charge in [-0.1, -0.05) is 13.0 Å². The Balaban J connectivity index is 2.86. The monoisotopic (exact) mass is 270 g/mol. The van der Waals surface area contributed by atoms with Crippen LogP contribution >= 0.6 is 11.8 Å². The zero-order chi connectivity index (χ0) is 13.5. The van der Waals surface area contributed by atoms with Gasteiger partial charge < -0.3 is 10.2 Å². The first-order chi connectivity index (χ1) is 8.52. The van der Waals surface area contributed by atoms with Gasteiger partial charge in [0.2, 0.25) is 0 Å². The summed E-state index contributed by atoms with van der Waals surface area (Å²) in [6, 6.07) is 4.28. The van der Waals surface area contributed by atoms with Gasteiger partial charge in [0.1, 0.15) is 5.82 Å². The van der Waals surface area contributed by atoms with E-state index in [4.69, 9.17) is 10.2 Å². The number of benzene rings is 1. The first kappa shape index (κ1) is 14.7. The van der Waals surface area contributed by atoms with E-state index in [0.717, 1.165) is 11.6 Å². The number of thioether (sulfide) groups is 1. The number of carboxylic acid groups (broad SMARTS) is 1. The Morgan fingerprint density at radius 1 is 1.56 bits per heavy atom. The molecule has 0 aliphatic rings. The highest BCUT2D eigenvalue weighted by Crippen LogP contribution is 2.22. The molecule has 1 unspecified atom stereocenters. The number of aliphatic hydroxyl groups excluding tert-OH is 1. The third kappa shape index (κ3) is 4.89. The highest BCUT2D eigenvalue weighted by atomic mass is 32.2. The standard InChI is InChI=1S/C13H15FO3S/c1-9(7-15)18-8-11-2-4-12(14)6-10(11)3-5-13(16)17/h2-6,9,15H,7-8H2,1H3,(H,16,17)/b5-3+. The third-order valence-corrected chi connectivity index (χ3v) is 3.49. The molecule has 1 aromatic rings. The maximum Gasteiger partial charge on any atom is 0.328 e. The first-order valence-corrected chi connectivity index (χ1v) is 6.49. The molecule has 98 valence electrons. The summed E-state index contributed by atoms with van der Waals surface area (Å²) >= 11 is 1.53. The molecule has 0 bridgehead atoms. The van der Waals surface area contributed by atoms with Crippen LogP contribution in [0.5, 0.6) is 0 Å². The van der Waals surface area contributed by atoms with Gasteiger partial charge in [0, 0.05) is 17.1 Å². The van der Waals surface area contributed by atoms with Gasteiger partial charge in [0.15, 0.2) is 0 Å². The van der Waals surface area contributed by atoms with Crippen LogP contribution in [-0.4, -0.2) is 28.0 Å². The molecule has 0 aromatic heterocycles. The number of carboxylic acids is 1. The minimum Gasteiger partial charge on any atom is -0.478 e. The van der Waals surface area contributed by atoms with Gasteiger partial charge in [0.25, 0.3) is 0 Å². The molecule has 0 fully saturated rings. The van der Waals surface area contributed by atoms with Gasteiger partial charge in [-0.3, -0.25) is 0 Å². The van der Waals surface area contributed by atoms with E-state index in [9.17, 15) is 9.18 Å². The lowest BCUT2D eigenvalue weighted by Crippen LogP contribution is -2.03. The van der Waals surface area contributed by atoms with E-state index < -0.39 is 11.8 Å². The third-order valence-electron chi connectivity index (χ3n) is 2.29. The second-order valence-corrected chi connectivity index (χ2v) is 5.25. The first-order valence-electron chi connectivity index (χ1n) is 5.45. The molecule has 0 heterocycles. The van der Waals surface area contributed by atoms with Gasteiger partial charge in [-0.15, -0.1) is 0 Å². The average Bonchev–Trinajstić information content (AvgIpc) is 2.34. The fourth-order valence-electron chi connectivity index (χ4n) is 1.30. The molecule has 0 amide bonds. The molecule has 18 heavy (non-hydrogen) atoms. The molecule has 0 spiro atoms. The van der Waals surface area contributed by atoms with E-state index in [1.165, 1.54) is 30.0 Å². The fraction of sp³-hybridized carbons (Fsp3) is 0.308. The van der Waals surface area contributed by atoms with Crippen LogP contribution in [0.4, 0.5) is 4.39 Å². The molecule has 1 atom stereocenters. The van der Waals surface area contributed by atoms with Crippen molar-refractivity contribution in [3.8, 4) is 0 Å². The Hall–Kier alpha value is -1.33. The maximum absolute atomic E-state index is 13.1. The molecule has 0 saturated heterocycles. The zero-order valence-electron chi connectivity index (χ0n) is 9.97. The van der Waals surface area contributed by atoms with E-state index in [2.05, 4.69) is 0 Å². The summed E-state index contributed by atoms with van der Waals surface area (Å²) in [5.41, 5.74) is 1.40. The molecule has 1 aromatic carbocycles. The Labute approximate surface area is 109 Å². The summed E-state index contributed by atoms with van der Waals surface area (Å²) in [6.45, 7) is 1.97. The van der Waals surface area contributed by atoms with Crippen LogP contribution in [0.1, 0.15) is 18.1 Å². The molecular weight excluding hydrogens is 255 g/mol. The summed E-state index contributed by atoms with van der Waals surface area (Å²) in [7, 11) is 0. The van der Waals surface area contributed by atoms with Crippen LogP contribution < -0.4 is 0 Å². The Bertz CT molecular complexity index is 446. The number of rotatable bonds is 6. The van der Waals surface area contributed by atoms with Crippen LogP contribution in [0.25, 0.3) is 6.08 Å². The lowest BCUT2D eigenvalue weighted by Gasteiger charge is -2.10. The minimum absolute atomic E-state index is 0.0756. The SMILES string of the molecule is CC(CO)SCc1ccc(F)cc1/C=C/C(=O)O. The van der Waals surface area contributed by atoms with Crippen LogP contribution in [0.2, 0.25) is 0 Å². The maximum atomic E-state index is 13.1. The summed E-state index contributed by atoms with van der Waals surface area (Å²) in [4.78, 5) is 10.5. The summed E-state index contributed by atoms with van der Waals surface area (Å²) < 4.78 is 13.1. The minimum atomic E-state index is -1.07. The van der Waals surface area contributed by atoms with Crippen molar-refractivity contribution < 1.29 is 19.4 Å². The van der Waals surface area contributed by atoms with Crippen molar-refractivity contribution in [2.45, 2.75) is 17.9 Å². The lowest BCUT2D eigenvalue weighted by atomic mass is 10.1. The van der Waals surface area contributed by atoms with Crippen LogP contribution in [0.3, 0.4) is 0 Å². The molecule has 0 radical (unpaired) electrons. The van der Waals surface area contributed by atoms with Gasteiger partial charge in [0.05, 0.1) is 6.61 Å². The number of halogens is 1. The molecule has 5 heteroatoms. The van der Waals surface area contributed by atoms with Crippen LogP contribution in [0, 0.1) is 5.82 Å². The van der Waals surface area contributed by atoms with Crippen LogP contribution in [0.15, 0.2) is 24.3 Å². The van der Waals surface area contributed by atoms with E-state index in [-0.39, 0.29) is 11.9 Å². The normalized spacial score (nSPS) is 12.8. The van der Waals surface area contributed by atoms with Crippen molar-refractivity contribution in [3.05, 3.63) is 41.2 Å². The van der Waals surface area contributed by atoms with Gasteiger partial charge in [-0.05, 0) is 29.3 Å². The molecule has 0 saturated carbocycles. The largest absolute Gasteiger partial charge is 0.478 e. The van der Waals surface area contributed by atoms with Crippen molar-refractivity contribution in [1.29, 1.82) is 0 Å². The Morgan fingerprint density at radius 2 is 2.28 bits per heavy atom. The number of hydrogen-bond donors (Lipinski definition) is 2. The van der Waals surface area contributed by atoms with Gasteiger partial charge in [-0.2, -0.15) is 11.8 Å². The lowest BCUT2D eigenvalue weighted by molar-refractivity contribution is -0.131. The summed E-state index contributed by atoms with van der Waals surface area (Å²) in [5.74, 6) is -0.869. The number of aliphatic carboxylic acids is 1. The quantitative estimate of drug-likeness (QED) is 0.780. The zero-order valence-corrected chi connectivity index (χ0v) is 10.8. The van der Waals surface area contributed by atoms with E-state index in [0.29, 0.717) is 11.3 Å². The number of aliphatic hydroxyl groups is 1.